The van der Waals surface area contributed by atoms with E-state index in [1.54, 1.807) is 5.57 Å². The maximum absolute atomic E-state index is 12.5. The van der Waals surface area contributed by atoms with Gasteiger partial charge in [-0.2, -0.15) is 0 Å². The number of rotatable bonds is 20. The molecule has 0 aromatic rings. The van der Waals surface area contributed by atoms with Crippen molar-refractivity contribution in [2.75, 3.05) is 6.61 Å². The third kappa shape index (κ3) is 12.2. The first kappa shape index (κ1) is 29.4. The summed E-state index contributed by atoms with van der Waals surface area (Å²) in [6.45, 7) is 9.01. The zero-order chi connectivity index (χ0) is 24.7. The van der Waals surface area contributed by atoms with Gasteiger partial charge in [0.05, 0.1) is 12.6 Å². The molecule has 2 atom stereocenters. The molecule has 1 aliphatic heterocycles. The molecule has 4 heteroatoms. The van der Waals surface area contributed by atoms with Gasteiger partial charge in [0.2, 0.25) is 5.91 Å². The molecule has 0 spiro atoms. The van der Waals surface area contributed by atoms with Crippen molar-refractivity contribution in [2.24, 2.45) is 0 Å². The maximum Gasteiger partial charge on any atom is 0.220 e. The lowest BCUT2D eigenvalue weighted by Crippen LogP contribution is -2.55. The number of unbranched alkanes of at least 4 members (excludes halogenated alkanes) is 14. The SMILES string of the molecule is CCCCCCCCCCCCCC1=C([C@H]2OC(C)(C)OC[C@@H]2NC(=O)CCCCCCC)C1. The summed E-state index contributed by atoms with van der Waals surface area (Å²) in [6.07, 6.45) is 24.0. The van der Waals surface area contributed by atoms with Gasteiger partial charge in [0.25, 0.3) is 0 Å². The summed E-state index contributed by atoms with van der Waals surface area (Å²) in [5.41, 5.74) is 2.99. The van der Waals surface area contributed by atoms with Crippen LogP contribution >= 0.6 is 0 Å². The molecule has 198 valence electrons. The predicted octanol–water partition coefficient (Wildman–Crippen LogP) is 8.38. The molecule has 0 bridgehead atoms. The summed E-state index contributed by atoms with van der Waals surface area (Å²) >= 11 is 0. The average molecular weight is 478 g/mol. The fourth-order valence-electron chi connectivity index (χ4n) is 5.14. The lowest BCUT2D eigenvalue weighted by atomic mass is 10.0. The Bertz CT molecular complexity index is 598. The van der Waals surface area contributed by atoms with Crippen LogP contribution in [0.2, 0.25) is 0 Å². The summed E-state index contributed by atoms with van der Waals surface area (Å²) in [5, 5.41) is 3.23. The molecule has 1 fully saturated rings. The second kappa shape index (κ2) is 16.7. The van der Waals surface area contributed by atoms with E-state index in [2.05, 4.69) is 19.2 Å². The molecule has 1 amide bonds. The number of ether oxygens (including phenoxy) is 2. The highest BCUT2D eigenvalue weighted by atomic mass is 16.7. The maximum atomic E-state index is 12.5. The Morgan fingerprint density at radius 1 is 0.824 bits per heavy atom. The van der Waals surface area contributed by atoms with E-state index < -0.39 is 5.79 Å². The number of hydrogen-bond donors (Lipinski definition) is 1. The van der Waals surface area contributed by atoms with Gasteiger partial charge in [-0.05, 0) is 45.1 Å². The van der Waals surface area contributed by atoms with E-state index in [4.69, 9.17) is 9.47 Å². The molecule has 0 saturated carbocycles. The highest BCUT2D eigenvalue weighted by Crippen LogP contribution is 2.42. The van der Waals surface area contributed by atoms with Gasteiger partial charge in [-0.1, -0.05) is 109 Å². The first-order valence-corrected chi connectivity index (χ1v) is 14.8. The molecule has 1 N–H and O–H groups in total. The summed E-state index contributed by atoms with van der Waals surface area (Å²) in [4.78, 5) is 12.5. The minimum Gasteiger partial charge on any atom is -0.348 e. The molecule has 1 aliphatic carbocycles. The molecule has 1 heterocycles. The smallest absolute Gasteiger partial charge is 0.220 e. The van der Waals surface area contributed by atoms with Gasteiger partial charge in [-0.25, -0.2) is 0 Å². The van der Waals surface area contributed by atoms with E-state index >= 15 is 0 Å². The summed E-state index contributed by atoms with van der Waals surface area (Å²) in [5.74, 6) is -0.435. The monoisotopic (exact) mass is 477 g/mol. The molecule has 0 radical (unpaired) electrons. The Morgan fingerprint density at radius 2 is 1.35 bits per heavy atom. The van der Waals surface area contributed by atoms with Crippen LogP contribution in [0.1, 0.15) is 150 Å². The Labute approximate surface area is 211 Å². The van der Waals surface area contributed by atoms with Gasteiger partial charge >= 0.3 is 0 Å². The Hall–Kier alpha value is -0.870. The van der Waals surface area contributed by atoms with Crippen molar-refractivity contribution in [1.29, 1.82) is 0 Å². The fourth-order valence-corrected chi connectivity index (χ4v) is 5.14. The van der Waals surface area contributed by atoms with Crippen LogP contribution in [0.15, 0.2) is 11.1 Å². The molecule has 0 aromatic carbocycles. The van der Waals surface area contributed by atoms with Gasteiger partial charge in [-0.15, -0.1) is 0 Å². The van der Waals surface area contributed by atoms with Crippen LogP contribution in [0.4, 0.5) is 0 Å². The minimum atomic E-state index is -0.580. The largest absolute Gasteiger partial charge is 0.348 e. The molecule has 2 rings (SSSR count). The van der Waals surface area contributed by atoms with Crippen LogP contribution in [0.3, 0.4) is 0 Å². The molecular formula is C30H55NO3. The van der Waals surface area contributed by atoms with Gasteiger partial charge in [0.1, 0.15) is 6.10 Å². The minimum absolute atomic E-state index is 0.0181. The lowest BCUT2D eigenvalue weighted by molar-refractivity contribution is -0.273. The van der Waals surface area contributed by atoms with Crippen LogP contribution in [0.25, 0.3) is 0 Å². The van der Waals surface area contributed by atoms with Gasteiger partial charge in [0, 0.05) is 6.42 Å². The van der Waals surface area contributed by atoms with E-state index in [1.807, 2.05) is 13.8 Å². The molecule has 2 aliphatic rings. The van der Waals surface area contributed by atoms with Crippen LogP contribution < -0.4 is 5.32 Å². The van der Waals surface area contributed by atoms with Crippen molar-refractivity contribution in [2.45, 2.75) is 168 Å². The topological polar surface area (TPSA) is 47.6 Å². The molecular weight excluding hydrogens is 422 g/mol. The van der Waals surface area contributed by atoms with Crippen LogP contribution in [-0.4, -0.2) is 30.4 Å². The first-order chi connectivity index (χ1) is 16.5. The zero-order valence-electron chi connectivity index (χ0n) is 23.0. The van der Waals surface area contributed by atoms with Crippen molar-refractivity contribution >= 4 is 5.91 Å². The fraction of sp³-hybridized carbons (Fsp3) is 0.900. The van der Waals surface area contributed by atoms with Gasteiger partial charge in [0.15, 0.2) is 5.79 Å². The van der Waals surface area contributed by atoms with Crippen molar-refractivity contribution in [3.8, 4) is 0 Å². The number of carbonyl (C=O) groups excluding carboxylic acids is 1. The summed E-state index contributed by atoms with van der Waals surface area (Å²) < 4.78 is 12.2. The first-order valence-electron chi connectivity index (χ1n) is 14.8. The van der Waals surface area contributed by atoms with E-state index in [0.29, 0.717) is 13.0 Å². The Morgan fingerprint density at radius 3 is 1.94 bits per heavy atom. The third-order valence-electron chi connectivity index (χ3n) is 7.40. The van der Waals surface area contributed by atoms with Crippen LogP contribution in [0, 0.1) is 0 Å². The highest BCUT2D eigenvalue weighted by Gasteiger charge is 2.43. The van der Waals surface area contributed by atoms with E-state index in [0.717, 1.165) is 19.3 Å². The summed E-state index contributed by atoms with van der Waals surface area (Å²) in [6, 6.07) is -0.0546. The number of allylic oxidation sites excluding steroid dienone is 1. The van der Waals surface area contributed by atoms with E-state index in [1.165, 1.54) is 102 Å². The van der Waals surface area contributed by atoms with Crippen LogP contribution in [-0.2, 0) is 14.3 Å². The van der Waals surface area contributed by atoms with Crippen molar-refractivity contribution in [3.63, 3.8) is 0 Å². The third-order valence-corrected chi connectivity index (χ3v) is 7.40. The summed E-state index contributed by atoms with van der Waals surface area (Å²) in [7, 11) is 0. The predicted molar refractivity (Wildman–Crippen MR) is 143 cm³/mol. The average Bonchev–Trinajstić information content (AvgIpc) is 3.58. The van der Waals surface area contributed by atoms with Gasteiger partial charge in [-0.3, -0.25) is 4.79 Å². The normalized spacial score (nSPS) is 21.6. The van der Waals surface area contributed by atoms with Gasteiger partial charge < -0.3 is 14.8 Å². The molecule has 1 saturated heterocycles. The molecule has 34 heavy (non-hydrogen) atoms. The second-order valence-corrected chi connectivity index (χ2v) is 11.2. The molecule has 0 aromatic heterocycles. The zero-order valence-corrected chi connectivity index (χ0v) is 23.0. The number of carbonyl (C=O) groups is 1. The Kier molecular flexibility index (Phi) is 14.5. The quantitative estimate of drug-likeness (QED) is 0.141. The van der Waals surface area contributed by atoms with E-state index in [9.17, 15) is 4.79 Å². The van der Waals surface area contributed by atoms with Crippen molar-refractivity contribution in [1.82, 2.24) is 5.32 Å². The highest BCUT2D eigenvalue weighted by molar-refractivity contribution is 5.76. The van der Waals surface area contributed by atoms with Crippen LogP contribution in [0.5, 0.6) is 0 Å². The standard InChI is InChI=1S/C30H55NO3/c1-5-7-9-11-12-13-14-15-16-18-19-21-25-23-26(25)29-27(24-33-30(3,4)34-29)31-28(32)22-20-17-10-8-6-2/h27,29H,5-24H2,1-4H3,(H,31,32)/t27-,29+/m0/s1. The Balaban J connectivity index is 1.64. The second-order valence-electron chi connectivity index (χ2n) is 11.2. The molecule has 0 unspecified atom stereocenters. The number of hydrogen-bond acceptors (Lipinski definition) is 3. The van der Waals surface area contributed by atoms with Crippen molar-refractivity contribution < 1.29 is 14.3 Å². The number of nitrogens with one attached hydrogen (secondary N) is 1. The number of amides is 1. The van der Waals surface area contributed by atoms with Crippen molar-refractivity contribution in [3.05, 3.63) is 11.1 Å². The lowest BCUT2D eigenvalue weighted by Gasteiger charge is -2.40. The molecule has 4 nitrogen and oxygen atoms in total. The van der Waals surface area contributed by atoms with E-state index in [-0.39, 0.29) is 18.1 Å².